The van der Waals surface area contributed by atoms with Gasteiger partial charge in [0.15, 0.2) is 0 Å². The Balaban J connectivity index is 3.04. The lowest BCUT2D eigenvalue weighted by Crippen LogP contribution is -2.04. The number of hydrogen-bond donors (Lipinski definition) is 0. The van der Waals surface area contributed by atoms with E-state index in [1.54, 1.807) is 12.2 Å². The Labute approximate surface area is 98.9 Å². The molecule has 0 aromatic heterocycles. The van der Waals surface area contributed by atoms with Crippen LogP contribution in [-0.2, 0) is 6.18 Å². The Morgan fingerprint density at radius 3 is 2.47 bits per heavy atom. The maximum absolute atomic E-state index is 12.3. The van der Waals surface area contributed by atoms with Crippen molar-refractivity contribution in [3.63, 3.8) is 0 Å². The molecule has 0 unspecified atom stereocenters. The van der Waals surface area contributed by atoms with Gasteiger partial charge in [0.05, 0.1) is 5.56 Å². The van der Waals surface area contributed by atoms with Crippen LogP contribution in [0.5, 0.6) is 0 Å². The van der Waals surface area contributed by atoms with Gasteiger partial charge in [0, 0.05) is 10.4 Å². The molecule has 0 atom stereocenters. The molecular formula is C10H7BrClF3. The molecule has 82 valence electrons. The molecule has 0 aliphatic heterocycles. The van der Waals surface area contributed by atoms with Crippen LogP contribution in [0, 0.1) is 0 Å². The second-order valence-electron chi connectivity index (χ2n) is 2.79. The molecule has 0 amide bonds. The summed E-state index contributed by atoms with van der Waals surface area (Å²) in [5.74, 6) is 0. The summed E-state index contributed by atoms with van der Waals surface area (Å²) < 4.78 is 36.8. The zero-order valence-electron chi connectivity index (χ0n) is 7.48. The maximum atomic E-state index is 12.3. The first-order chi connectivity index (χ1) is 6.95. The minimum atomic E-state index is -4.35. The molecule has 0 bridgehead atoms. The van der Waals surface area contributed by atoms with E-state index >= 15 is 0 Å². The highest BCUT2D eigenvalue weighted by molar-refractivity contribution is 9.09. The van der Waals surface area contributed by atoms with Crippen LogP contribution in [0.15, 0.2) is 24.3 Å². The van der Waals surface area contributed by atoms with Gasteiger partial charge in [0.25, 0.3) is 0 Å². The van der Waals surface area contributed by atoms with Crippen LogP contribution in [0.3, 0.4) is 0 Å². The Morgan fingerprint density at radius 2 is 2.00 bits per heavy atom. The van der Waals surface area contributed by atoms with Gasteiger partial charge in [-0.25, -0.2) is 0 Å². The van der Waals surface area contributed by atoms with Crippen LogP contribution in [0.2, 0.25) is 5.02 Å². The fraction of sp³-hybridized carbons (Fsp3) is 0.200. The van der Waals surface area contributed by atoms with Crippen LogP contribution in [0.1, 0.15) is 11.1 Å². The molecule has 0 nitrogen and oxygen atoms in total. The van der Waals surface area contributed by atoms with Crippen LogP contribution < -0.4 is 0 Å². The third-order valence-electron chi connectivity index (χ3n) is 1.71. The first kappa shape index (κ1) is 12.6. The summed E-state index contributed by atoms with van der Waals surface area (Å²) in [7, 11) is 0. The fourth-order valence-electron chi connectivity index (χ4n) is 1.01. The molecule has 0 spiro atoms. The number of hydrogen-bond acceptors (Lipinski definition) is 0. The Kier molecular flexibility index (Phi) is 4.22. The van der Waals surface area contributed by atoms with Crippen LogP contribution in [-0.4, -0.2) is 5.33 Å². The molecule has 0 aliphatic rings. The molecule has 0 heterocycles. The second-order valence-corrected chi connectivity index (χ2v) is 3.85. The van der Waals surface area contributed by atoms with Crippen molar-refractivity contribution >= 4 is 33.6 Å². The molecular weight excluding hydrogens is 292 g/mol. The van der Waals surface area contributed by atoms with Crippen molar-refractivity contribution in [1.82, 2.24) is 0 Å². The quantitative estimate of drug-likeness (QED) is 0.690. The second kappa shape index (κ2) is 5.03. The summed E-state index contributed by atoms with van der Waals surface area (Å²) in [6, 6.07) is 3.29. The van der Waals surface area contributed by atoms with Crippen molar-refractivity contribution in [3.8, 4) is 0 Å². The molecule has 5 heteroatoms. The first-order valence-corrected chi connectivity index (χ1v) is 5.54. The van der Waals surface area contributed by atoms with Gasteiger partial charge in [-0.2, -0.15) is 13.2 Å². The summed E-state index contributed by atoms with van der Waals surface area (Å²) >= 11 is 8.87. The zero-order valence-corrected chi connectivity index (χ0v) is 9.83. The molecule has 0 saturated carbocycles. The van der Waals surface area contributed by atoms with E-state index in [2.05, 4.69) is 15.9 Å². The highest BCUT2D eigenvalue weighted by atomic mass is 79.9. The average Bonchev–Trinajstić information content (AvgIpc) is 2.14. The molecule has 1 rings (SSSR count). The molecule has 0 fully saturated rings. The number of alkyl halides is 4. The van der Waals surface area contributed by atoms with Gasteiger partial charge < -0.3 is 0 Å². The summed E-state index contributed by atoms with van der Waals surface area (Å²) in [6.07, 6.45) is -0.924. The smallest absolute Gasteiger partial charge is 0.166 e. The Bertz CT molecular complexity index is 371. The van der Waals surface area contributed by atoms with Crippen LogP contribution in [0.4, 0.5) is 13.2 Å². The molecule has 0 aliphatic carbocycles. The van der Waals surface area contributed by atoms with E-state index in [1.807, 2.05) is 0 Å². The summed E-state index contributed by atoms with van der Waals surface area (Å²) in [5.41, 5.74) is -0.160. The third kappa shape index (κ3) is 3.54. The lowest BCUT2D eigenvalue weighted by atomic mass is 10.1. The Morgan fingerprint density at radius 1 is 1.33 bits per heavy atom. The average molecular weight is 300 g/mol. The van der Waals surface area contributed by atoms with Gasteiger partial charge in [-0.15, -0.1) is 0 Å². The number of benzene rings is 1. The highest BCUT2D eigenvalue weighted by Crippen LogP contribution is 2.32. The number of allylic oxidation sites excluding steroid dienone is 1. The Hall–Kier alpha value is -0.480. The molecule has 1 aromatic carbocycles. The van der Waals surface area contributed by atoms with Gasteiger partial charge in [-0.3, -0.25) is 0 Å². The van der Waals surface area contributed by atoms with E-state index < -0.39 is 11.7 Å². The van der Waals surface area contributed by atoms with E-state index in [0.29, 0.717) is 10.9 Å². The van der Waals surface area contributed by atoms with Crippen molar-refractivity contribution in [2.75, 3.05) is 5.33 Å². The lowest BCUT2D eigenvalue weighted by molar-refractivity contribution is -0.137. The van der Waals surface area contributed by atoms with Crippen molar-refractivity contribution in [2.24, 2.45) is 0 Å². The van der Waals surface area contributed by atoms with Gasteiger partial charge in [-0.1, -0.05) is 45.7 Å². The summed E-state index contributed by atoms with van der Waals surface area (Å²) in [6.45, 7) is 0. The molecule has 1 aromatic rings. The van der Waals surface area contributed by atoms with Crippen LogP contribution >= 0.6 is 27.5 Å². The molecule has 0 saturated heterocycles. The SMILES string of the molecule is FC(F)(F)c1ccc(C=CCBr)c(Cl)c1. The van der Waals surface area contributed by atoms with Crippen molar-refractivity contribution in [3.05, 3.63) is 40.4 Å². The van der Waals surface area contributed by atoms with E-state index in [9.17, 15) is 13.2 Å². The minimum absolute atomic E-state index is 0.0991. The maximum Gasteiger partial charge on any atom is 0.416 e. The van der Waals surface area contributed by atoms with Gasteiger partial charge in [0.2, 0.25) is 0 Å². The van der Waals surface area contributed by atoms with Gasteiger partial charge in [-0.05, 0) is 17.7 Å². The topological polar surface area (TPSA) is 0 Å². The molecule has 0 radical (unpaired) electrons. The summed E-state index contributed by atoms with van der Waals surface area (Å²) in [5, 5.41) is 0.728. The third-order valence-corrected chi connectivity index (χ3v) is 2.42. The largest absolute Gasteiger partial charge is 0.416 e. The standard InChI is InChI=1S/C10H7BrClF3/c11-5-1-2-7-3-4-8(6-9(7)12)10(13,14)15/h1-4,6H,5H2. The molecule has 0 N–H and O–H groups in total. The number of halogens is 5. The van der Waals surface area contributed by atoms with E-state index in [4.69, 9.17) is 11.6 Å². The highest BCUT2D eigenvalue weighted by Gasteiger charge is 2.30. The predicted octanol–water partition coefficient (Wildman–Crippen LogP) is 4.77. The van der Waals surface area contributed by atoms with Crippen molar-refractivity contribution in [2.45, 2.75) is 6.18 Å². The number of rotatable bonds is 2. The van der Waals surface area contributed by atoms with Gasteiger partial charge >= 0.3 is 6.18 Å². The van der Waals surface area contributed by atoms with Crippen molar-refractivity contribution < 1.29 is 13.2 Å². The summed E-state index contributed by atoms with van der Waals surface area (Å²) in [4.78, 5) is 0. The van der Waals surface area contributed by atoms with Crippen molar-refractivity contribution in [1.29, 1.82) is 0 Å². The fourth-order valence-corrected chi connectivity index (χ4v) is 1.44. The first-order valence-electron chi connectivity index (χ1n) is 4.04. The minimum Gasteiger partial charge on any atom is -0.166 e. The monoisotopic (exact) mass is 298 g/mol. The van der Waals surface area contributed by atoms with E-state index in [-0.39, 0.29) is 5.02 Å². The van der Waals surface area contributed by atoms with Gasteiger partial charge in [0.1, 0.15) is 0 Å². The van der Waals surface area contributed by atoms with E-state index in [0.717, 1.165) is 12.1 Å². The predicted molar refractivity (Wildman–Crippen MR) is 59.3 cm³/mol. The normalized spacial score (nSPS) is 12.3. The lowest BCUT2D eigenvalue weighted by Gasteiger charge is -2.07. The zero-order chi connectivity index (χ0) is 11.5. The van der Waals surface area contributed by atoms with E-state index in [1.165, 1.54) is 6.07 Å². The van der Waals surface area contributed by atoms with Crippen LogP contribution in [0.25, 0.3) is 6.08 Å². The molecule has 15 heavy (non-hydrogen) atoms.